The van der Waals surface area contributed by atoms with E-state index in [1.54, 1.807) is 42.5 Å². The number of carbonyl (C=O) groups excluding carboxylic acids is 1. The third-order valence-electron chi connectivity index (χ3n) is 4.36. The fourth-order valence-electron chi connectivity index (χ4n) is 2.76. The molecule has 0 aromatic heterocycles. The molecule has 0 fully saturated rings. The van der Waals surface area contributed by atoms with Crippen molar-refractivity contribution in [3.05, 3.63) is 101 Å². The minimum absolute atomic E-state index is 0.364. The molecule has 6 nitrogen and oxygen atoms in total. The van der Waals surface area contributed by atoms with Crippen molar-refractivity contribution >= 4 is 23.7 Å². The lowest BCUT2D eigenvalue weighted by atomic mass is 10.2. The Morgan fingerprint density at radius 2 is 1.81 bits per heavy atom. The van der Waals surface area contributed by atoms with Crippen LogP contribution in [0, 0.1) is 0 Å². The van der Waals surface area contributed by atoms with Crippen molar-refractivity contribution in [3.8, 4) is 17.2 Å². The summed E-state index contributed by atoms with van der Waals surface area (Å²) in [6.45, 7) is 4.36. The number of nitrogens with one attached hydrogen (secondary N) is 1. The van der Waals surface area contributed by atoms with Gasteiger partial charge >= 0.3 is 0 Å². The zero-order chi connectivity index (χ0) is 22.8. The van der Waals surface area contributed by atoms with Gasteiger partial charge in [-0.15, -0.1) is 0 Å². The third-order valence-corrected chi connectivity index (χ3v) is 4.65. The summed E-state index contributed by atoms with van der Waals surface area (Å²) in [6, 6.07) is 19.9. The van der Waals surface area contributed by atoms with Crippen molar-refractivity contribution < 1.29 is 19.0 Å². The number of carbonyl (C=O) groups is 1. The molecular formula is C25H23ClN2O4. The van der Waals surface area contributed by atoms with Crippen LogP contribution in [0.3, 0.4) is 0 Å². The summed E-state index contributed by atoms with van der Waals surface area (Å²) in [6.07, 6.45) is 3.13. The summed E-state index contributed by atoms with van der Waals surface area (Å²) in [4.78, 5) is 12.5. The fourth-order valence-corrected chi connectivity index (χ4v) is 3.00. The fraction of sp³-hybridized carbons (Fsp3) is 0.120. The van der Waals surface area contributed by atoms with E-state index in [2.05, 4.69) is 17.1 Å². The number of hydrogen-bond acceptors (Lipinski definition) is 5. The maximum absolute atomic E-state index is 12.5. The first kappa shape index (κ1) is 22.9. The van der Waals surface area contributed by atoms with Gasteiger partial charge in [0, 0.05) is 5.56 Å². The maximum atomic E-state index is 12.5. The van der Waals surface area contributed by atoms with Crippen LogP contribution in [0.15, 0.2) is 84.5 Å². The normalized spacial score (nSPS) is 10.6. The predicted molar refractivity (Wildman–Crippen MR) is 126 cm³/mol. The monoisotopic (exact) mass is 450 g/mol. The van der Waals surface area contributed by atoms with Gasteiger partial charge in [-0.05, 0) is 47.5 Å². The highest BCUT2D eigenvalue weighted by molar-refractivity contribution is 6.32. The highest BCUT2D eigenvalue weighted by Gasteiger charge is 2.11. The van der Waals surface area contributed by atoms with Gasteiger partial charge in [0.05, 0.1) is 18.3 Å². The molecule has 3 rings (SSSR count). The summed E-state index contributed by atoms with van der Waals surface area (Å²) in [5.41, 5.74) is 4.62. The van der Waals surface area contributed by atoms with Crippen LogP contribution in [0.1, 0.15) is 21.5 Å². The molecule has 0 heterocycles. The largest absolute Gasteiger partial charge is 0.493 e. The van der Waals surface area contributed by atoms with Crippen molar-refractivity contribution in [1.29, 1.82) is 0 Å². The minimum Gasteiger partial charge on any atom is -0.493 e. The Morgan fingerprint density at radius 1 is 1.03 bits per heavy atom. The lowest BCUT2D eigenvalue weighted by Crippen LogP contribution is -2.17. The number of amides is 1. The number of ether oxygens (including phenoxy) is 3. The van der Waals surface area contributed by atoms with Crippen molar-refractivity contribution in [2.75, 3.05) is 13.7 Å². The number of nitrogens with zero attached hydrogens (tertiary/aromatic N) is 1. The van der Waals surface area contributed by atoms with E-state index in [0.717, 1.165) is 5.56 Å². The molecule has 0 aliphatic heterocycles. The van der Waals surface area contributed by atoms with Crippen LogP contribution in [0.4, 0.5) is 0 Å². The Bertz CT molecular complexity index is 1100. The molecule has 7 heteroatoms. The van der Waals surface area contributed by atoms with E-state index in [1.807, 2.05) is 30.3 Å². The van der Waals surface area contributed by atoms with E-state index < -0.39 is 0 Å². The van der Waals surface area contributed by atoms with E-state index in [0.29, 0.717) is 46.6 Å². The Hall–Kier alpha value is -3.77. The van der Waals surface area contributed by atoms with E-state index in [-0.39, 0.29) is 5.91 Å². The topological polar surface area (TPSA) is 69.2 Å². The molecule has 0 radical (unpaired) electrons. The zero-order valence-electron chi connectivity index (χ0n) is 17.6. The van der Waals surface area contributed by atoms with Gasteiger partial charge < -0.3 is 14.2 Å². The van der Waals surface area contributed by atoms with Gasteiger partial charge in [-0.2, -0.15) is 5.10 Å². The number of benzene rings is 3. The van der Waals surface area contributed by atoms with Gasteiger partial charge in [-0.3, -0.25) is 4.79 Å². The smallest absolute Gasteiger partial charge is 0.271 e. The molecule has 0 aliphatic rings. The van der Waals surface area contributed by atoms with Gasteiger partial charge in [-0.25, -0.2) is 5.43 Å². The van der Waals surface area contributed by atoms with E-state index in [1.165, 1.54) is 13.3 Å². The molecule has 0 atom stereocenters. The molecule has 0 bridgehead atoms. The van der Waals surface area contributed by atoms with Gasteiger partial charge in [0.1, 0.15) is 19.0 Å². The van der Waals surface area contributed by atoms with Crippen LogP contribution in [-0.4, -0.2) is 25.8 Å². The second-order valence-electron chi connectivity index (χ2n) is 6.63. The first-order chi connectivity index (χ1) is 15.6. The number of hydrazone groups is 1. The van der Waals surface area contributed by atoms with E-state index in [4.69, 9.17) is 25.8 Å². The molecule has 3 aromatic carbocycles. The zero-order valence-corrected chi connectivity index (χ0v) is 18.3. The van der Waals surface area contributed by atoms with Crippen molar-refractivity contribution in [1.82, 2.24) is 5.43 Å². The lowest BCUT2D eigenvalue weighted by Gasteiger charge is -2.12. The SMILES string of the molecule is C=CCOc1ccc(/C=N/NC(=O)c2ccc(OCc3ccccc3)c(OC)c2)cc1Cl. The summed E-state index contributed by atoms with van der Waals surface area (Å²) in [7, 11) is 1.52. The molecule has 1 N–H and O–H groups in total. The van der Waals surface area contributed by atoms with Gasteiger partial charge in [0.25, 0.3) is 5.91 Å². The third kappa shape index (κ3) is 6.36. The van der Waals surface area contributed by atoms with Gasteiger partial charge in [-0.1, -0.05) is 54.6 Å². The molecule has 0 saturated carbocycles. The van der Waals surface area contributed by atoms with Crippen molar-refractivity contribution in [2.24, 2.45) is 5.10 Å². The molecule has 0 aliphatic carbocycles. The average molecular weight is 451 g/mol. The highest BCUT2D eigenvalue weighted by Crippen LogP contribution is 2.29. The standard InChI is InChI=1S/C25H23ClN2O4/c1-3-13-31-22-11-9-19(14-21(22)26)16-27-28-25(29)20-10-12-23(24(15-20)30-2)32-17-18-7-5-4-6-8-18/h3-12,14-16H,1,13,17H2,2H3,(H,28,29)/b27-16+. The average Bonchev–Trinajstić information content (AvgIpc) is 2.82. The number of halogens is 1. The summed E-state index contributed by atoms with van der Waals surface area (Å²) in [5, 5.41) is 4.44. The minimum atomic E-state index is -0.383. The molecule has 164 valence electrons. The van der Waals surface area contributed by atoms with Gasteiger partial charge in [0.15, 0.2) is 11.5 Å². The summed E-state index contributed by atoms with van der Waals surface area (Å²) >= 11 is 6.18. The Labute approximate surface area is 192 Å². The van der Waals surface area contributed by atoms with Gasteiger partial charge in [0.2, 0.25) is 0 Å². The molecule has 0 saturated heterocycles. The lowest BCUT2D eigenvalue weighted by molar-refractivity contribution is 0.0954. The molecule has 32 heavy (non-hydrogen) atoms. The van der Waals surface area contributed by atoms with Crippen LogP contribution in [0.2, 0.25) is 5.02 Å². The second kappa shape index (κ2) is 11.6. The quantitative estimate of drug-likeness (QED) is 0.260. The summed E-state index contributed by atoms with van der Waals surface area (Å²) < 4.78 is 16.6. The first-order valence-corrected chi connectivity index (χ1v) is 10.2. The predicted octanol–water partition coefficient (Wildman–Crippen LogP) is 5.26. The van der Waals surface area contributed by atoms with E-state index >= 15 is 0 Å². The van der Waals surface area contributed by atoms with Crippen molar-refractivity contribution in [3.63, 3.8) is 0 Å². The molecular weight excluding hydrogens is 428 g/mol. The van der Waals surface area contributed by atoms with Crippen LogP contribution in [0.5, 0.6) is 17.2 Å². The number of hydrogen-bond donors (Lipinski definition) is 1. The van der Waals surface area contributed by atoms with Crippen LogP contribution < -0.4 is 19.6 Å². The molecule has 0 unspecified atom stereocenters. The Kier molecular flexibility index (Phi) is 8.29. The Balaban J connectivity index is 1.61. The maximum Gasteiger partial charge on any atom is 0.271 e. The van der Waals surface area contributed by atoms with Crippen LogP contribution in [0.25, 0.3) is 0 Å². The van der Waals surface area contributed by atoms with Crippen LogP contribution >= 0.6 is 11.6 Å². The Morgan fingerprint density at radius 3 is 2.53 bits per heavy atom. The van der Waals surface area contributed by atoms with Crippen LogP contribution in [-0.2, 0) is 6.61 Å². The number of methoxy groups -OCH3 is 1. The molecule has 0 spiro atoms. The first-order valence-electron chi connectivity index (χ1n) is 9.82. The highest BCUT2D eigenvalue weighted by atomic mass is 35.5. The second-order valence-corrected chi connectivity index (χ2v) is 7.04. The van der Waals surface area contributed by atoms with Crippen molar-refractivity contribution in [2.45, 2.75) is 6.61 Å². The summed E-state index contributed by atoms with van der Waals surface area (Å²) in [5.74, 6) is 1.17. The number of rotatable bonds is 10. The molecule has 1 amide bonds. The van der Waals surface area contributed by atoms with E-state index in [9.17, 15) is 4.79 Å². The molecule has 3 aromatic rings.